The van der Waals surface area contributed by atoms with Gasteiger partial charge in [-0.1, -0.05) is 32.6 Å². The normalized spacial score (nSPS) is 15.9. The number of hydrogen-bond donors (Lipinski definition) is 3. The Morgan fingerprint density at radius 3 is 2.50 bits per heavy atom. The summed E-state index contributed by atoms with van der Waals surface area (Å²) in [6, 6.07) is 1.50. The van der Waals surface area contributed by atoms with Gasteiger partial charge in [-0.2, -0.15) is 0 Å². The van der Waals surface area contributed by atoms with Crippen molar-refractivity contribution in [1.29, 1.82) is 0 Å². The van der Waals surface area contributed by atoms with Gasteiger partial charge in [0.2, 0.25) is 10.0 Å². The standard InChI is InChI=1S/C17H29N3O3S2.ClH/c1-2-10-18-11-12-19-17(21)16-15(9-13-24-16)25(22,23)20-14-7-5-3-4-6-8-14;/h9,13-14,18,20H,2-8,10-12H2,1H3,(H,19,21);1H. The van der Waals surface area contributed by atoms with Crippen LogP contribution in [0, 0.1) is 0 Å². The van der Waals surface area contributed by atoms with Crippen LogP contribution in [0.15, 0.2) is 16.3 Å². The minimum Gasteiger partial charge on any atom is -0.350 e. The Hall–Kier alpha value is -0.670. The highest BCUT2D eigenvalue weighted by atomic mass is 35.5. The van der Waals surface area contributed by atoms with Crippen molar-refractivity contribution in [3.63, 3.8) is 0 Å². The van der Waals surface area contributed by atoms with Gasteiger partial charge in [0, 0.05) is 19.1 Å². The molecule has 1 amide bonds. The average molecular weight is 424 g/mol. The average Bonchev–Trinajstić information content (AvgIpc) is 2.95. The first kappa shape index (κ1) is 23.4. The van der Waals surface area contributed by atoms with Gasteiger partial charge in [-0.15, -0.1) is 23.7 Å². The number of hydrogen-bond acceptors (Lipinski definition) is 5. The maximum Gasteiger partial charge on any atom is 0.262 e. The molecule has 150 valence electrons. The van der Waals surface area contributed by atoms with Gasteiger partial charge in [-0.25, -0.2) is 13.1 Å². The van der Waals surface area contributed by atoms with Gasteiger partial charge in [0.1, 0.15) is 9.77 Å². The Morgan fingerprint density at radius 2 is 1.85 bits per heavy atom. The smallest absolute Gasteiger partial charge is 0.262 e. The molecule has 6 nitrogen and oxygen atoms in total. The summed E-state index contributed by atoms with van der Waals surface area (Å²) in [5.41, 5.74) is 0. The lowest BCUT2D eigenvalue weighted by Crippen LogP contribution is -2.36. The summed E-state index contributed by atoms with van der Waals surface area (Å²) in [5, 5.41) is 7.64. The highest BCUT2D eigenvalue weighted by Crippen LogP contribution is 2.24. The fraction of sp³-hybridized carbons (Fsp3) is 0.706. The molecule has 1 aromatic heterocycles. The van der Waals surface area contributed by atoms with Crippen molar-refractivity contribution in [2.45, 2.75) is 62.8 Å². The zero-order valence-corrected chi connectivity index (χ0v) is 17.7. The second-order valence-electron chi connectivity index (χ2n) is 6.43. The van der Waals surface area contributed by atoms with Crippen molar-refractivity contribution in [2.75, 3.05) is 19.6 Å². The molecule has 1 heterocycles. The molecule has 1 aliphatic carbocycles. The molecule has 2 rings (SSSR count). The van der Waals surface area contributed by atoms with Crippen LogP contribution in [0.3, 0.4) is 0 Å². The summed E-state index contributed by atoms with van der Waals surface area (Å²) in [4.78, 5) is 12.7. The third-order valence-electron chi connectivity index (χ3n) is 4.32. The topological polar surface area (TPSA) is 87.3 Å². The van der Waals surface area contributed by atoms with E-state index in [1.807, 2.05) is 0 Å². The number of carbonyl (C=O) groups is 1. The first-order valence-corrected chi connectivity index (χ1v) is 11.5. The third kappa shape index (κ3) is 7.15. The van der Waals surface area contributed by atoms with E-state index in [9.17, 15) is 13.2 Å². The van der Waals surface area contributed by atoms with Crippen molar-refractivity contribution in [2.24, 2.45) is 0 Å². The molecular formula is C17H30ClN3O3S2. The van der Waals surface area contributed by atoms with Crippen LogP contribution in [0.4, 0.5) is 0 Å². The van der Waals surface area contributed by atoms with Gasteiger partial charge >= 0.3 is 0 Å². The van der Waals surface area contributed by atoms with Crippen LogP contribution in [-0.4, -0.2) is 40.0 Å². The number of rotatable bonds is 9. The number of sulfonamides is 1. The Bertz CT molecular complexity index is 641. The summed E-state index contributed by atoms with van der Waals surface area (Å²) >= 11 is 1.17. The van der Waals surface area contributed by atoms with Crippen LogP contribution in [0.5, 0.6) is 0 Å². The van der Waals surface area contributed by atoms with E-state index < -0.39 is 10.0 Å². The monoisotopic (exact) mass is 423 g/mol. The van der Waals surface area contributed by atoms with Crippen molar-refractivity contribution < 1.29 is 13.2 Å². The molecule has 26 heavy (non-hydrogen) atoms. The second-order valence-corrected chi connectivity index (χ2v) is 9.03. The van der Waals surface area contributed by atoms with Crippen molar-refractivity contribution >= 4 is 39.7 Å². The first-order chi connectivity index (χ1) is 12.0. The van der Waals surface area contributed by atoms with E-state index in [0.717, 1.165) is 51.5 Å². The molecule has 1 fully saturated rings. The number of nitrogens with one attached hydrogen (secondary N) is 3. The Kier molecular flexibility index (Phi) is 10.7. The quantitative estimate of drug-likeness (QED) is 0.421. The molecule has 3 N–H and O–H groups in total. The third-order valence-corrected chi connectivity index (χ3v) is 6.92. The van der Waals surface area contributed by atoms with Crippen LogP contribution in [-0.2, 0) is 10.0 Å². The number of halogens is 1. The zero-order valence-electron chi connectivity index (χ0n) is 15.3. The fourth-order valence-electron chi connectivity index (χ4n) is 3.00. The lowest BCUT2D eigenvalue weighted by molar-refractivity contribution is 0.0955. The molecule has 0 atom stereocenters. The molecule has 0 spiro atoms. The minimum absolute atomic E-state index is 0. The molecule has 0 aromatic carbocycles. The van der Waals surface area contributed by atoms with Gasteiger partial charge in [0.05, 0.1) is 0 Å². The lowest BCUT2D eigenvalue weighted by atomic mass is 10.1. The fourth-order valence-corrected chi connectivity index (χ4v) is 5.65. The SMILES string of the molecule is CCCNCCNC(=O)c1sccc1S(=O)(=O)NC1CCCCCC1.Cl. The summed E-state index contributed by atoms with van der Waals surface area (Å²) < 4.78 is 28.2. The van der Waals surface area contributed by atoms with Crippen molar-refractivity contribution in [3.05, 3.63) is 16.3 Å². The molecule has 1 saturated carbocycles. The molecule has 0 radical (unpaired) electrons. The second kappa shape index (κ2) is 11.9. The van der Waals surface area contributed by atoms with E-state index in [1.165, 1.54) is 17.4 Å². The lowest BCUT2D eigenvalue weighted by Gasteiger charge is -2.16. The predicted octanol–water partition coefficient (Wildman–Crippen LogP) is 2.90. The van der Waals surface area contributed by atoms with Crippen LogP contribution in [0.2, 0.25) is 0 Å². The van der Waals surface area contributed by atoms with Gasteiger partial charge in [-0.05, 0) is 37.3 Å². The Labute approximate surface area is 167 Å². The van der Waals surface area contributed by atoms with E-state index in [4.69, 9.17) is 0 Å². The molecule has 1 aliphatic rings. The van der Waals surface area contributed by atoms with Gasteiger partial charge in [-0.3, -0.25) is 4.79 Å². The van der Waals surface area contributed by atoms with E-state index in [0.29, 0.717) is 13.1 Å². The largest absolute Gasteiger partial charge is 0.350 e. The molecule has 1 aromatic rings. The van der Waals surface area contributed by atoms with Crippen LogP contribution in [0.1, 0.15) is 61.5 Å². The first-order valence-electron chi connectivity index (χ1n) is 9.13. The highest BCUT2D eigenvalue weighted by molar-refractivity contribution is 7.89. The van der Waals surface area contributed by atoms with Crippen LogP contribution < -0.4 is 15.4 Å². The van der Waals surface area contributed by atoms with Crippen LogP contribution in [0.25, 0.3) is 0 Å². The molecule has 9 heteroatoms. The van der Waals surface area contributed by atoms with Gasteiger partial charge in [0.25, 0.3) is 5.91 Å². The van der Waals surface area contributed by atoms with E-state index in [1.54, 1.807) is 5.38 Å². The summed E-state index contributed by atoms with van der Waals surface area (Å²) in [5.74, 6) is -0.325. The highest BCUT2D eigenvalue weighted by Gasteiger charge is 2.26. The van der Waals surface area contributed by atoms with E-state index >= 15 is 0 Å². The molecule has 0 bridgehead atoms. The molecule has 0 aliphatic heterocycles. The minimum atomic E-state index is -3.66. The van der Waals surface area contributed by atoms with Crippen molar-refractivity contribution in [3.8, 4) is 0 Å². The van der Waals surface area contributed by atoms with Gasteiger partial charge < -0.3 is 10.6 Å². The summed E-state index contributed by atoms with van der Waals surface area (Å²) in [6.45, 7) is 4.13. The maximum atomic E-state index is 12.7. The summed E-state index contributed by atoms with van der Waals surface area (Å²) in [7, 11) is -3.66. The molecule has 0 unspecified atom stereocenters. The number of thiophene rings is 1. The zero-order chi connectivity index (χ0) is 18.1. The Morgan fingerprint density at radius 1 is 1.15 bits per heavy atom. The molecular weight excluding hydrogens is 394 g/mol. The van der Waals surface area contributed by atoms with Crippen molar-refractivity contribution in [1.82, 2.24) is 15.4 Å². The molecule has 0 saturated heterocycles. The van der Waals surface area contributed by atoms with E-state index in [-0.39, 0.29) is 34.1 Å². The van der Waals surface area contributed by atoms with Crippen LogP contribution >= 0.6 is 23.7 Å². The van der Waals surface area contributed by atoms with E-state index in [2.05, 4.69) is 22.3 Å². The maximum absolute atomic E-state index is 12.7. The Balaban J connectivity index is 0.00000338. The van der Waals surface area contributed by atoms with Gasteiger partial charge in [0.15, 0.2) is 0 Å². The number of amides is 1. The number of carbonyl (C=O) groups excluding carboxylic acids is 1. The predicted molar refractivity (Wildman–Crippen MR) is 109 cm³/mol. The summed E-state index contributed by atoms with van der Waals surface area (Å²) in [6.07, 6.45) is 7.20.